The van der Waals surface area contributed by atoms with E-state index in [1.54, 1.807) is 67.1 Å². The number of aromatic nitrogens is 4. The van der Waals surface area contributed by atoms with Crippen molar-refractivity contribution in [3.8, 4) is 40.5 Å². The Labute approximate surface area is 301 Å². The lowest BCUT2D eigenvalue weighted by Gasteiger charge is -2.24. The van der Waals surface area contributed by atoms with E-state index >= 15 is 13.2 Å². The Morgan fingerprint density at radius 3 is 2.00 bits per heavy atom. The fraction of sp³-hybridized carbons (Fsp3) is 0.150. The largest absolute Gasteiger partial charge is 0.417 e. The third-order valence-electron chi connectivity index (χ3n) is 9.57. The molecule has 0 atom stereocenters. The van der Waals surface area contributed by atoms with Crippen LogP contribution in [0.5, 0.6) is 0 Å². The van der Waals surface area contributed by atoms with Crippen molar-refractivity contribution in [2.45, 2.75) is 26.2 Å². The second-order valence-electron chi connectivity index (χ2n) is 12.7. The Morgan fingerprint density at radius 2 is 1.39 bits per heavy atom. The summed E-state index contributed by atoms with van der Waals surface area (Å²) in [5, 5.41) is 30.6. The summed E-state index contributed by atoms with van der Waals surface area (Å²) in [5.41, 5.74) is -0.855. The number of fused-ring (bicyclic) bond motifs is 6. The molecule has 0 bridgehead atoms. The average molecular weight is 729 g/mol. The third-order valence-corrected chi connectivity index (χ3v) is 9.57. The Morgan fingerprint density at radius 1 is 0.704 bits per heavy atom. The smallest absolute Gasteiger partial charge is 0.336 e. The molecule has 7 aromatic rings. The van der Waals surface area contributed by atoms with Gasteiger partial charge in [-0.25, -0.2) is 20.1 Å². The molecule has 0 spiro atoms. The molecule has 7 rings (SSSR count). The highest BCUT2D eigenvalue weighted by molar-refractivity contribution is 6.28. The maximum atomic E-state index is 15.1. The Balaban J connectivity index is 1.88. The Hall–Kier alpha value is -7.16. The van der Waals surface area contributed by atoms with Crippen LogP contribution in [-0.4, -0.2) is 19.1 Å². The van der Waals surface area contributed by atoms with Crippen LogP contribution in [-0.2, 0) is 26.4 Å². The van der Waals surface area contributed by atoms with Gasteiger partial charge < -0.3 is 9.13 Å². The average Bonchev–Trinajstić information content (AvgIpc) is 3.62. The minimum atomic E-state index is -5.26. The number of nitrogens with zero attached hydrogens (tertiary/aromatic N) is 8. The van der Waals surface area contributed by atoms with Crippen molar-refractivity contribution in [3.05, 3.63) is 105 Å². The molecule has 54 heavy (non-hydrogen) atoms. The molecule has 264 valence electrons. The van der Waals surface area contributed by atoms with E-state index in [0.29, 0.717) is 44.4 Å². The summed E-state index contributed by atoms with van der Waals surface area (Å²) in [6.07, 6.45) is -10.3. The molecule has 0 aliphatic heterocycles. The molecule has 0 aliphatic rings. The van der Waals surface area contributed by atoms with Crippen LogP contribution in [0.25, 0.3) is 82.0 Å². The van der Waals surface area contributed by atoms with E-state index in [2.05, 4.69) is 14.8 Å². The summed E-state index contributed by atoms with van der Waals surface area (Å²) in [7, 11) is 3.12. The van der Waals surface area contributed by atoms with Gasteiger partial charge in [-0.3, -0.25) is 0 Å². The molecule has 0 amide bonds. The van der Waals surface area contributed by atoms with Crippen LogP contribution >= 0.6 is 0 Å². The highest BCUT2D eigenvalue weighted by atomic mass is 19.4. The lowest BCUT2D eigenvalue weighted by molar-refractivity contribution is -0.142. The van der Waals surface area contributed by atoms with E-state index in [1.807, 2.05) is 19.1 Å². The van der Waals surface area contributed by atoms with Crippen LogP contribution in [0.3, 0.4) is 0 Å². The molecule has 14 heteroatoms. The van der Waals surface area contributed by atoms with Gasteiger partial charge >= 0.3 is 18.0 Å². The predicted octanol–water partition coefficient (Wildman–Crippen LogP) is 8.50. The van der Waals surface area contributed by atoms with Crippen molar-refractivity contribution in [2.75, 3.05) is 0 Å². The minimum absolute atomic E-state index is 0.0597. The molecular formula is C40H22F6N8. The van der Waals surface area contributed by atoms with E-state index in [-0.39, 0.29) is 55.8 Å². The summed E-state index contributed by atoms with van der Waals surface area (Å²) in [6, 6.07) is 18.9. The summed E-state index contributed by atoms with van der Waals surface area (Å²) in [4.78, 5) is 12.4. The van der Waals surface area contributed by atoms with Gasteiger partial charge in [0.05, 0.1) is 45.8 Å². The molecule has 8 nitrogen and oxygen atoms in total. The second-order valence-corrected chi connectivity index (χ2v) is 12.7. The fourth-order valence-corrected chi connectivity index (χ4v) is 7.21. The Kier molecular flexibility index (Phi) is 7.98. The zero-order chi connectivity index (χ0) is 39.0. The standard InChI is InChI=1S/C40H22F6N8/c1-19-6-8-23(20(2)12-19)33-27-14-30-32(53(4)38(52-30)31(18-49)50-3)15-26(27)24-10-11-29-36(54(5)37(51-29)21(16-47)17-48)35(24)34(33)25-9-7-22(39(41,42)43)13-28(25)40(44,45)46/h6-15H,1-2,4-5H3/b38-31+. The zero-order valence-electron chi connectivity index (χ0n) is 28.6. The van der Waals surface area contributed by atoms with Crippen LogP contribution in [0.15, 0.2) is 60.7 Å². The first-order valence-corrected chi connectivity index (χ1v) is 16.0. The second kappa shape index (κ2) is 12.2. The van der Waals surface area contributed by atoms with Gasteiger partial charge in [0.1, 0.15) is 17.6 Å². The van der Waals surface area contributed by atoms with Crippen LogP contribution in [0.1, 0.15) is 22.3 Å². The zero-order valence-corrected chi connectivity index (χ0v) is 28.6. The molecule has 0 saturated carbocycles. The van der Waals surface area contributed by atoms with Gasteiger partial charge in [0.2, 0.25) is 0 Å². The monoisotopic (exact) mass is 728 g/mol. The summed E-state index contributed by atoms with van der Waals surface area (Å²) >= 11 is 0. The molecular weight excluding hydrogens is 706 g/mol. The fourth-order valence-electron chi connectivity index (χ4n) is 7.21. The van der Waals surface area contributed by atoms with E-state index < -0.39 is 29.0 Å². The van der Waals surface area contributed by atoms with Gasteiger partial charge in [-0.05, 0) is 82.6 Å². The number of halogens is 6. The van der Waals surface area contributed by atoms with E-state index in [0.717, 1.165) is 11.6 Å². The number of imidazole rings is 2. The van der Waals surface area contributed by atoms with Crippen molar-refractivity contribution < 1.29 is 26.3 Å². The van der Waals surface area contributed by atoms with Gasteiger partial charge in [-0.2, -0.15) is 36.9 Å². The molecule has 2 heterocycles. The molecule has 0 N–H and O–H groups in total. The van der Waals surface area contributed by atoms with Gasteiger partial charge in [0, 0.05) is 25.0 Å². The molecule has 0 aliphatic carbocycles. The molecule has 0 fully saturated rings. The van der Waals surface area contributed by atoms with Crippen molar-refractivity contribution in [1.82, 2.24) is 19.1 Å². The molecule has 0 saturated heterocycles. The highest BCUT2D eigenvalue weighted by Crippen LogP contribution is 2.51. The summed E-state index contributed by atoms with van der Waals surface area (Å²) < 4.78 is 90.4. The van der Waals surface area contributed by atoms with Crippen LogP contribution in [0.4, 0.5) is 26.3 Å². The molecule has 0 unspecified atom stereocenters. The first-order chi connectivity index (χ1) is 25.5. The quantitative estimate of drug-likeness (QED) is 0.101. The minimum Gasteiger partial charge on any atom is -0.336 e. The first kappa shape index (κ1) is 35.3. The van der Waals surface area contributed by atoms with Gasteiger partial charge in [0.25, 0.3) is 0 Å². The van der Waals surface area contributed by atoms with Gasteiger partial charge in [-0.15, -0.1) is 0 Å². The topological polar surface area (TPSA) is 111 Å². The number of hydrogen-bond donors (Lipinski definition) is 0. The van der Waals surface area contributed by atoms with E-state index in [9.17, 15) is 29.0 Å². The number of rotatable bonds is 2. The van der Waals surface area contributed by atoms with Gasteiger partial charge in [0.15, 0.2) is 11.1 Å². The summed E-state index contributed by atoms with van der Waals surface area (Å²) in [5.74, 6) is 0. The molecule has 2 aromatic heterocycles. The van der Waals surface area contributed by atoms with E-state index in [4.69, 9.17) is 6.57 Å². The molecule has 0 radical (unpaired) electrons. The number of nitriles is 3. The SMILES string of the molecule is [C-]#[N+]/C(C#N)=c1\nc2cc3c(-c4ccc(C)cc4C)c(-c4ccc(C(F)(F)F)cc4C(F)(F)F)c4c(ccc5nc(=C(C#N)C#N)n(C)c54)c3cc2n1C. The summed E-state index contributed by atoms with van der Waals surface area (Å²) in [6.45, 7) is 11.1. The number of hydrogen-bond acceptors (Lipinski definition) is 5. The third kappa shape index (κ3) is 5.27. The normalized spacial score (nSPS) is 12.5. The first-order valence-electron chi connectivity index (χ1n) is 16.0. The maximum absolute atomic E-state index is 15.1. The van der Waals surface area contributed by atoms with Crippen LogP contribution in [0, 0.1) is 54.4 Å². The van der Waals surface area contributed by atoms with Crippen LogP contribution in [0.2, 0.25) is 0 Å². The van der Waals surface area contributed by atoms with Gasteiger partial charge in [-0.1, -0.05) is 35.9 Å². The lowest BCUT2D eigenvalue weighted by atomic mass is 9.81. The van der Waals surface area contributed by atoms with Crippen molar-refractivity contribution in [1.29, 1.82) is 15.8 Å². The van der Waals surface area contributed by atoms with Crippen molar-refractivity contribution in [3.63, 3.8) is 0 Å². The van der Waals surface area contributed by atoms with Crippen molar-refractivity contribution >= 4 is 54.9 Å². The highest BCUT2D eigenvalue weighted by Gasteiger charge is 2.39. The maximum Gasteiger partial charge on any atom is 0.417 e. The predicted molar refractivity (Wildman–Crippen MR) is 190 cm³/mol. The Bertz CT molecular complexity index is 3080. The van der Waals surface area contributed by atoms with Crippen LogP contribution < -0.4 is 11.0 Å². The number of benzene rings is 5. The number of alkyl halides is 6. The number of aryl methyl sites for hydroxylation is 4. The molecule has 5 aromatic carbocycles. The van der Waals surface area contributed by atoms with E-state index in [1.165, 1.54) is 11.6 Å². The lowest BCUT2D eigenvalue weighted by Crippen LogP contribution is -2.18. The van der Waals surface area contributed by atoms with Crippen molar-refractivity contribution in [2.24, 2.45) is 14.1 Å².